The number of morpholine rings is 1. The Morgan fingerprint density at radius 2 is 2.15 bits per heavy atom. The van der Waals surface area contributed by atoms with Crippen LogP contribution in [0, 0.1) is 23.2 Å². The average Bonchev–Trinajstić information content (AvgIpc) is 2.92. The Morgan fingerprint density at radius 1 is 1.35 bits per heavy atom. The molecule has 5 atom stereocenters. The van der Waals surface area contributed by atoms with Crippen LogP contribution in [0.2, 0.25) is 0 Å². The van der Waals surface area contributed by atoms with Crippen molar-refractivity contribution in [3.05, 3.63) is 11.6 Å². The smallest absolute Gasteiger partial charge is 0.311 e. The maximum absolute atomic E-state index is 12.5. The Labute approximate surface area is 157 Å². The van der Waals surface area contributed by atoms with Crippen LogP contribution >= 0.6 is 0 Å². The number of nitrogens with one attached hydrogen (secondary N) is 1. The summed E-state index contributed by atoms with van der Waals surface area (Å²) < 4.78 is 11.2. The molecule has 3 fully saturated rings. The number of ether oxygens (including phenoxy) is 2. The monoisotopic (exact) mass is 362 g/mol. The minimum absolute atomic E-state index is 0.00521. The molecule has 2 aliphatic heterocycles. The van der Waals surface area contributed by atoms with E-state index in [1.807, 2.05) is 0 Å². The lowest BCUT2D eigenvalue weighted by Crippen LogP contribution is -2.42. The summed E-state index contributed by atoms with van der Waals surface area (Å²) in [7, 11) is 0. The van der Waals surface area contributed by atoms with Crippen molar-refractivity contribution in [1.29, 1.82) is 0 Å². The second-order valence-corrected chi connectivity index (χ2v) is 9.00. The molecule has 1 saturated carbocycles. The third-order valence-corrected chi connectivity index (χ3v) is 7.15. The number of rotatable bonds is 5. The first kappa shape index (κ1) is 18.5. The molecule has 0 amide bonds. The first-order valence-corrected chi connectivity index (χ1v) is 10.5. The molecule has 5 heteroatoms. The number of carbonyl (C=O) groups is 1. The molecule has 2 heterocycles. The van der Waals surface area contributed by atoms with E-state index in [-0.39, 0.29) is 29.3 Å². The van der Waals surface area contributed by atoms with Gasteiger partial charge in [0, 0.05) is 38.6 Å². The van der Waals surface area contributed by atoms with Gasteiger partial charge < -0.3 is 14.8 Å². The molecule has 26 heavy (non-hydrogen) atoms. The molecule has 0 bridgehead atoms. The van der Waals surface area contributed by atoms with Crippen molar-refractivity contribution in [1.82, 2.24) is 10.2 Å². The first-order valence-electron chi connectivity index (χ1n) is 10.5. The van der Waals surface area contributed by atoms with Crippen molar-refractivity contribution < 1.29 is 14.3 Å². The minimum atomic E-state index is -0.0177. The largest absolute Gasteiger partial charge is 0.461 e. The number of carbonyl (C=O) groups excluding carboxylic acids is 1. The van der Waals surface area contributed by atoms with Crippen molar-refractivity contribution in [2.45, 2.75) is 45.6 Å². The van der Waals surface area contributed by atoms with Gasteiger partial charge in [0.1, 0.15) is 6.10 Å². The van der Waals surface area contributed by atoms with Crippen molar-refractivity contribution in [3.63, 3.8) is 0 Å². The molecule has 1 N–H and O–H groups in total. The third-order valence-electron chi connectivity index (χ3n) is 7.15. The zero-order valence-corrected chi connectivity index (χ0v) is 16.3. The number of hydrogen-bond donors (Lipinski definition) is 1. The van der Waals surface area contributed by atoms with Crippen LogP contribution in [0.25, 0.3) is 0 Å². The van der Waals surface area contributed by atoms with Gasteiger partial charge in [-0.1, -0.05) is 31.9 Å². The fraction of sp³-hybridized carbons (Fsp3) is 0.857. The molecular formula is C21H34N2O3. The highest BCUT2D eigenvalue weighted by Crippen LogP contribution is 2.53. The standard InChI is InChI=1S/C21H34N2O3/c1-15-4-3-5-21(2)13-19-16(12-18(15)21)17(20(24)26-19)14-22-6-7-23-8-10-25-11-9-23/h12,15-17,19,22H,3-11,13-14H2,1-2H3/t15-,16+,17-,19+,21+/m0/s1. The normalized spacial score (nSPS) is 40.5. The lowest BCUT2D eigenvalue weighted by atomic mass is 9.59. The molecular weight excluding hydrogens is 328 g/mol. The number of hydrogen-bond acceptors (Lipinski definition) is 5. The maximum atomic E-state index is 12.5. The van der Waals surface area contributed by atoms with Crippen molar-refractivity contribution >= 4 is 5.97 Å². The van der Waals surface area contributed by atoms with Gasteiger partial charge in [0.25, 0.3) is 0 Å². The van der Waals surface area contributed by atoms with Crippen LogP contribution in [0.15, 0.2) is 11.6 Å². The summed E-state index contributed by atoms with van der Waals surface area (Å²) in [6.45, 7) is 11.1. The highest BCUT2D eigenvalue weighted by molar-refractivity contribution is 5.76. The van der Waals surface area contributed by atoms with Gasteiger partial charge >= 0.3 is 5.97 Å². The summed E-state index contributed by atoms with van der Waals surface area (Å²) in [5.41, 5.74) is 1.85. The van der Waals surface area contributed by atoms with Crippen molar-refractivity contribution in [3.8, 4) is 0 Å². The summed E-state index contributed by atoms with van der Waals surface area (Å²) in [5.74, 6) is 0.906. The minimum Gasteiger partial charge on any atom is -0.461 e. The average molecular weight is 363 g/mol. The molecule has 0 aromatic carbocycles. The zero-order chi connectivity index (χ0) is 18.1. The molecule has 2 aliphatic carbocycles. The summed E-state index contributed by atoms with van der Waals surface area (Å²) >= 11 is 0. The highest BCUT2D eigenvalue weighted by Gasteiger charge is 2.51. The maximum Gasteiger partial charge on any atom is 0.311 e. The molecule has 0 unspecified atom stereocenters. The third kappa shape index (κ3) is 3.58. The lowest BCUT2D eigenvalue weighted by molar-refractivity contribution is -0.145. The molecule has 4 rings (SSSR count). The Morgan fingerprint density at radius 3 is 2.96 bits per heavy atom. The molecule has 0 radical (unpaired) electrons. The Bertz CT molecular complexity index is 557. The van der Waals surface area contributed by atoms with E-state index >= 15 is 0 Å². The van der Waals surface area contributed by atoms with Gasteiger partial charge in [-0.3, -0.25) is 9.69 Å². The number of allylic oxidation sites excluding steroid dienone is 1. The molecule has 0 spiro atoms. The van der Waals surface area contributed by atoms with Gasteiger partial charge in [0.15, 0.2) is 0 Å². The molecule has 146 valence electrons. The van der Waals surface area contributed by atoms with Gasteiger partial charge in [-0.15, -0.1) is 0 Å². The van der Waals surface area contributed by atoms with Crippen LogP contribution < -0.4 is 5.32 Å². The fourth-order valence-electron chi connectivity index (χ4n) is 5.60. The fourth-order valence-corrected chi connectivity index (χ4v) is 5.60. The number of nitrogens with zero attached hydrogens (tertiary/aromatic N) is 1. The lowest BCUT2D eigenvalue weighted by Gasteiger charge is -2.46. The van der Waals surface area contributed by atoms with E-state index in [0.29, 0.717) is 5.92 Å². The van der Waals surface area contributed by atoms with E-state index in [2.05, 4.69) is 30.1 Å². The molecule has 5 nitrogen and oxygen atoms in total. The van der Waals surface area contributed by atoms with Crippen LogP contribution in [-0.4, -0.2) is 62.9 Å². The molecule has 4 aliphatic rings. The highest BCUT2D eigenvalue weighted by atomic mass is 16.6. The molecule has 2 saturated heterocycles. The topological polar surface area (TPSA) is 50.8 Å². The SMILES string of the molecule is C[C@H]1CCC[C@]2(C)C[C@H]3OC(=O)[C@@H](CNCCN4CCOCC4)[C@H]3C=C12. The zero-order valence-electron chi connectivity index (χ0n) is 16.3. The van der Waals surface area contributed by atoms with E-state index < -0.39 is 0 Å². The van der Waals surface area contributed by atoms with E-state index in [4.69, 9.17) is 9.47 Å². The second kappa shape index (κ2) is 7.61. The van der Waals surface area contributed by atoms with Crippen LogP contribution in [0.4, 0.5) is 0 Å². The van der Waals surface area contributed by atoms with Crippen LogP contribution in [0.5, 0.6) is 0 Å². The van der Waals surface area contributed by atoms with E-state index in [1.54, 1.807) is 5.57 Å². The van der Waals surface area contributed by atoms with Gasteiger partial charge in [0.2, 0.25) is 0 Å². The van der Waals surface area contributed by atoms with Gasteiger partial charge in [0.05, 0.1) is 19.1 Å². The Kier molecular flexibility index (Phi) is 5.40. The summed E-state index contributed by atoms with van der Waals surface area (Å²) in [5, 5.41) is 3.52. The van der Waals surface area contributed by atoms with E-state index in [9.17, 15) is 4.79 Å². The Balaban J connectivity index is 1.35. The summed E-state index contributed by atoms with van der Waals surface area (Å²) in [4.78, 5) is 14.9. The first-order chi connectivity index (χ1) is 12.6. The number of fused-ring (bicyclic) bond motifs is 2. The molecule has 0 aromatic heterocycles. The van der Waals surface area contributed by atoms with Gasteiger partial charge in [-0.25, -0.2) is 0 Å². The van der Waals surface area contributed by atoms with Crippen molar-refractivity contribution in [2.24, 2.45) is 23.2 Å². The second-order valence-electron chi connectivity index (χ2n) is 9.00. The quantitative estimate of drug-likeness (QED) is 0.462. The van der Waals surface area contributed by atoms with Gasteiger partial charge in [-0.05, 0) is 30.6 Å². The predicted molar refractivity (Wildman–Crippen MR) is 101 cm³/mol. The van der Waals surface area contributed by atoms with Crippen LogP contribution in [-0.2, 0) is 14.3 Å². The number of esters is 1. The van der Waals surface area contributed by atoms with Crippen molar-refractivity contribution in [2.75, 3.05) is 45.9 Å². The molecule has 0 aromatic rings. The van der Waals surface area contributed by atoms with Gasteiger partial charge in [-0.2, -0.15) is 0 Å². The predicted octanol–water partition coefficient (Wildman–Crippen LogP) is 2.22. The summed E-state index contributed by atoms with van der Waals surface area (Å²) in [6, 6.07) is 0. The van der Waals surface area contributed by atoms with E-state index in [0.717, 1.165) is 52.4 Å². The van der Waals surface area contributed by atoms with Crippen LogP contribution in [0.3, 0.4) is 0 Å². The van der Waals surface area contributed by atoms with E-state index in [1.165, 1.54) is 19.3 Å². The summed E-state index contributed by atoms with van der Waals surface area (Å²) in [6.07, 6.45) is 7.38. The Hall–Kier alpha value is -0.910. The van der Waals surface area contributed by atoms with Crippen LogP contribution in [0.1, 0.15) is 39.5 Å².